The van der Waals surface area contributed by atoms with Gasteiger partial charge in [-0.2, -0.15) is 0 Å². The van der Waals surface area contributed by atoms with E-state index in [1.54, 1.807) is 0 Å². The number of phenolic OH excluding ortho intramolecular Hbond substituents is 1. The third kappa shape index (κ3) is 3.18. The highest BCUT2D eigenvalue weighted by Crippen LogP contribution is 2.32. The van der Waals surface area contributed by atoms with E-state index >= 15 is 0 Å². The minimum Gasteiger partial charge on any atom is -0.506 e. The molecule has 0 aliphatic rings. The van der Waals surface area contributed by atoms with Crippen LogP contribution in [0.5, 0.6) is 5.75 Å². The monoisotopic (exact) mass is 429 g/mol. The molecule has 0 unspecified atom stereocenters. The molecule has 0 aliphatic carbocycles. The van der Waals surface area contributed by atoms with Gasteiger partial charge in [-0.1, -0.05) is 27.5 Å². The van der Waals surface area contributed by atoms with Gasteiger partial charge >= 0.3 is 0 Å². The maximum Gasteiger partial charge on any atom is 0.261 e. The highest BCUT2D eigenvalue weighted by molar-refractivity contribution is 9.08. The van der Waals surface area contributed by atoms with Crippen molar-refractivity contribution in [3.8, 4) is 5.75 Å². The van der Waals surface area contributed by atoms with Crippen LogP contribution in [0.3, 0.4) is 0 Å². The molecule has 0 aliphatic heterocycles. The van der Waals surface area contributed by atoms with Crippen molar-refractivity contribution in [2.75, 3.05) is 5.32 Å². The molecule has 0 saturated heterocycles. The molecule has 2 rings (SSSR count). The summed E-state index contributed by atoms with van der Waals surface area (Å²) in [5.41, 5.74) is -1.59. The van der Waals surface area contributed by atoms with Gasteiger partial charge in [0.1, 0.15) is 11.3 Å². The summed E-state index contributed by atoms with van der Waals surface area (Å²) in [4.78, 5) is 11.9. The minimum atomic E-state index is -2.38. The van der Waals surface area contributed by atoms with Crippen molar-refractivity contribution in [3.63, 3.8) is 0 Å². The number of aromatic hydroxyl groups is 1. The highest BCUT2D eigenvalue weighted by Gasteiger charge is 2.30. The second-order valence-corrected chi connectivity index (χ2v) is 5.46. The molecule has 0 saturated carbocycles. The maximum atomic E-state index is 13.6. The van der Waals surface area contributed by atoms with Crippen molar-refractivity contribution >= 4 is 39.1 Å². The van der Waals surface area contributed by atoms with Crippen LogP contribution in [0.2, 0.25) is 5.02 Å². The van der Waals surface area contributed by atoms with E-state index in [1.807, 2.05) is 5.32 Å². The van der Waals surface area contributed by atoms with Crippen LogP contribution in [0.15, 0.2) is 12.1 Å². The fraction of sp³-hybridized carbons (Fsp3) is 0.0714. The number of phenols is 1. The molecule has 2 aromatic carbocycles. The Labute approximate surface area is 145 Å². The number of hydrogen-bond acceptors (Lipinski definition) is 2. The van der Waals surface area contributed by atoms with Crippen molar-refractivity contribution in [2.45, 2.75) is 5.33 Å². The van der Waals surface area contributed by atoms with Crippen molar-refractivity contribution < 1.29 is 31.9 Å². The third-order valence-corrected chi connectivity index (χ3v) is 3.95. The third-order valence-electron chi connectivity index (χ3n) is 2.99. The van der Waals surface area contributed by atoms with Crippen molar-refractivity contribution in [3.05, 3.63) is 57.4 Å². The molecule has 3 nitrogen and oxygen atoms in total. The van der Waals surface area contributed by atoms with E-state index in [0.29, 0.717) is 5.56 Å². The molecule has 2 aromatic rings. The Morgan fingerprint density at radius 3 is 2.04 bits per heavy atom. The van der Waals surface area contributed by atoms with E-state index in [-0.39, 0.29) is 16.0 Å². The largest absolute Gasteiger partial charge is 0.506 e. The first kappa shape index (κ1) is 18.5. The molecule has 0 spiro atoms. The molecular formula is C14H6BrClF5NO2. The first-order valence-electron chi connectivity index (χ1n) is 6.09. The lowest BCUT2D eigenvalue weighted by molar-refractivity contribution is 0.101. The number of hydrogen-bond donors (Lipinski definition) is 2. The lowest BCUT2D eigenvalue weighted by Gasteiger charge is -2.12. The number of benzene rings is 2. The molecule has 10 heteroatoms. The topological polar surface area (TPSA) is 49.3 Å². The van der Waals surface area contributed by atoms with Gasteiger partial charge in [0.2, 0.25) is 5.82 Å². The Morgan fingerprint density at radius 1 is 1.04 bits per heavy atom. The summed E-state index contributed by atoms with van der Waals surface area (Å²) >= 11 is 8.95. The number of amides is 1. The molecule has 24 heavy (non-hydrogen) atoms. The second kappa shape index (κ2) is 6.94. The van der Waals surface area contributed by atoms with E-state index in [2.05, 4.69) is 15.9 Å². The summed E-state index contributed by atoms with van der Waals surface area (Å²) < 4.78 is 66.4. The van der Waals surface area contributed by atoms with E-state index in [9.17, 15) is 31.9 Å². The average Bonchev–Trinajstić information content (AvgIpc) is 2.54. The van der Waals surface area contributed by atoms with Crippen molar-refractivity contribution in [2.24, 2.45) is 0 Å². The van der Waals surface area contributed by atoms with Crippen molar-refractivity contribution in [1.29, 1.82) is 0 Å². The smallest absolute Gasteiger partial charge is 0.261 e. The van der Waals surface area contributed by atoms with Crippen LogP contribution in [-0.4, -0.2) is 11.0 Å². The fourth-order valence-electron chi connectivity index (χ4n) is 1.80. The van der Waals surface area contributed by atoms with Crippen molar-refractivity contribution in [1.82, 2.24) is 0 Å². The zero-order valence-electron chi connectivity index (χ0n) is 11.4. The van der Waals surface area contributed by atoms with E-state index in [4.69, 9.17) is 11.6 Å². The molecule has 0 radical (unpaired) electrons. The molecule has 2 N–H and O–H groups in total. The number of alkyl halides is 1. The van der Waals surface area contributed by atoms with Gasteiger partial charge in [0, 0.05) is 10.4 Å². The number of carbonyl (C=O) groups is 1. The highest BCUT2D eigenvalue weighted by atomic mass is 79.9. The van der Waals surface area contributed by atoms with Gasteiger partial charge in [-0.15, -0.1) is 0 Å². The van der Waals surface area contributed by atoms with Gasteiger partial charge in [0.25, 0.3) is 5.91 Å². The van der Waals surface area contributed by atoms with Gasteiger partial charge in [0.05, 0.1) is 5.69 Å². The van der Waals surface area contributed by atoms with E-state index in [1.165, 1.54) is 0 Å². The Morgan fingerprint density at radius 2 is 1.54 bits per heavy atom. The summed E-state index contributed by atoms with van der Waals surface area (Å²) in [5, 5.41) is 12.0. The van der Waals surface area contributed by atoms with Crippen LogP contribution < -0.4 is 5.32 Å². The first-order valence-corrected chi connectivity index (χ1v) is 7.59. The van der Waals surface area contributed by atoms with Gasteiger partial charge in [-0.25, -0.2) is 22.0 Å². The minimum absolute atomic E-state index is 0.0948. The predicted octanol–water partition coefficient (Wildman–Crippen LogP) is 4.89. The Hall–Kier alpha value is -1.87. The molecule has 1 amide bonds. The van der Waals surface area contributed by atoms with Crippen LogP contribution in [-0.2, 0) is 5.33 Å². The number of halogens is 7. The molecule has 0 fully saturated rings. The number of anilines is 1. The summed E-state index contributed by atoms with van der Waals surface area (Å²) in [6, 6.07) is 2.22. The Balaban J connectivity index is 2.47. The normalized spacial score (nSPS) is 10.8. The second-order valence-electron chi connectivity index (χ2n) is 4.49. The van der Waals surface area contributed by atoms with E-state index in [0.717, 1.165) is 12.1 Å². The number of nitrogens with one attached hydrogen (secondary N) is 1. The molecule has 0 atom stereocenters. The Bertz CT molecular complexity index is 818. The molecule has 0 bridgehead atoms. The van der Waals surface area contributed by atoms with Gasteiger partial charge < -0.3 is 10.4 Å². The van der Waals surface area contributed by atoms with Crippen LogP contribution in [0.4, 0.5) is 27.6 Å². The molecular weight excluding hydrogens is 425 g/mol. The first-order chi connectivity index (χ1) is 11.2. The standard InChI is InChI=1S/C14H6BrClF5NO2/c15-3-4-1-7(23)6(2-5(4)16)22-14(24)8-9(17)11(19)13(21)12(20)10(8)18/h1-2,23H,3H2,(H,22,24). The summed E-state index contributed by atoms with van der Waals surface area (Å²) in [6.45, 7) is 0. The Kier molecular flexibility index (Phi) is 5.34. The van der Waals surface area contributed by atoms with Crippen LogP contribution in [0, 0.1) is 29.1 Å². The van der Waals surface area contributed by atoms with Crippen LogP contribution >= 0.6 is 27.5 Å². The maximum absolute atomic E-state index is 13.6. The van der Waals surface area contributed by atoms with E-state index < -0.39 is 46.3 Å². The SMILES string of the molecule is O=C(Nc1cc(Cl)c(CBr)cc1O)c1c(F)c(F)c(F)c(F)c1F. The van der Waals surface area contributed by atoms with Crippen LogP contribution in [0.1, 0.15) is 15.9 Å². The number of rotatable bonds is 3. The average molecular weight is 431 g/mol. The molecule has 128 valence electrons. The van der Waals surface area contributed by atoms with Gasteiger partial charge in [-0.3, -0.25) is 4.79 Å². The summed E-state index contributed by atoms with van der Waals surface area (Å²) in [7, 11) is 0. The number of carbonyl (C=O) groups excluding carboxylic acids is 1. The lowest BCUT2D eigenvalue weighted by Crippen LogP contribution is -2.19. The van der Waals surface area contributed by atoms with Crippen LogP contribution in [0.25, 0.3) is 0 Å². The molecule has 0 aromatic heterocycles. The van der Waals surface area contributed by atoms with Gasteiger partial charge in [-0.05, 0) is 17.7 Å². The lowest BCUT2D eigenvalue weighted by atomic mass is 10.1. The fourth-order valence-corrected chi connectivity index (χ4v) is 2.65. The quantitative estimate of drug-likeness (QED) is 0.240. The molecule has 0 heterocycles. The predicted molar refractivity (Wildman–Crippen MR) is 79.9 cm³/mol. The zero-order valence-corrected chi connectivity index (χ0v) is 13.7. The zero-order chi connectivity index (χ0) is 18.2. The summed E-state index contributed by atoms with van der Waals surface area (Å²) in [5.74, 6) is -13.6. The van der Waals surface area contributed by atoms with Gasteiger partial charge in [0.15, 0.2) is 23.3 Å². The summed E-state index contributed by atoms with van der Waals surface area (Å²) in [6.07, 6.45) is 0.